The third kappa shape index (κ3) is 6.13. The Bertz CT molecular complexity index is 549. The van der Waals surface area contributed by atoms with Crippen molar-refractivity contribution >= 4 is 18.7 Å². The maximum absolute atomic E-state index is 12.4. The largest absolute Gasteiger partial charge is 0.442 e. The molecule has 0 unspecified atom stereocenters. The number of carbonyl (C=O) groups is 1. The molecule has 1 heterocycles. The zero-order chi connectivity index (χ0) is 16.8. The van der Waals surface area contributed by atoms with Crippen molar-refractivity contribution < 1.29 is 9.53 Å². The van der Waals surface area contributed by atoms with Crippen LogP contribution in [0.15, 0.2) is 28.0 Å². The second-order valence-corrected chi connectivity index (χ2v) is 6.75. The SMILES string of the molecule is CCCCCCN(C(=O)OC(C)(C)C)n1ccc(S)cc1=O. The van der Waals surface area contributed by atoms with E-state index in [1.807, 2.05) is 0 Å². The smallest absolute Gasteiger partial charge is 0.429 e. The normalized spacial score (nSPS) is 11.3. The van der Waals surface area contributed by atoms with E-state index in [1.54, 1.807) is 33.0 Å². The molecule has 0 radical (unpaired) electrons. The van der Waals surface area contributed by atoms with Gasteiger partial charge in [0.05, 0.1) is 0 Å². The van der Waals surface area contributed by atoms with Gasteiger partial charge in [-0.2, -0.15) is 0 Å². The van der Waals surface area contributed by atoms with Gasteiger partial charge in [0.2, 0.25) is 0 Å². The van der Waals surface area contributed by atoms with E-state index in [0.29, 0.717) is 11.4 Å². The van der Waals surface area contributed by atoms with Gasteiger partial charge in [-0.1, -0.05) is 26.2 Å². The second kappa shape index (κ2) is 8.27. The molecule has 1 rings (SSSR count). The van der Waals surface area contributed by atoms with E-state index in [-0.39, 0.29) is 5.56 Å². The van der Waals surface area contributed by atoms with Crippen LogP contribution in [0.25, 0.3) is 0 Å². The number of hydrogen-bond acceptors (Lipinski definition) is 4. The summed E-state index contributed by atoms with van der Waals surface area (Å²) in [5.41, 5.74) is -0.903. The highest BCUT2D eigenvalue weighted by atomic mass is 32.1. The fourth-order valence-corrected chi connectivity index (χ4v) is 2.13. The lowest BCUT2D eigenvalue weighted by atomic mass is 10.2. The maximum atomic E-state index is 12.4. The number of hydrogen-bond donors (Lipinski definition) is 1. The minimum atomic E-state index is -0.605. The van der Waals surface area contributed by atoms with Crippen LogP contribution in [0.1, 0.15) is 53.4 Å². The summed E-state index contributed by atoms with van der Waals surface area (Å²) in [5.74, 6) is 0. The summed E-state index contributed by atoms with van der Waals surface area (Å²) < 4.78 is 6.70. The molecular weight excluding hydrogens is 300 g/mol. The van der Waals surface area contributed by atoms with Crippen LogP contribution < -0.4 is 10.6 Å². The molecule has 0 atom stereocenters. The number of aromatic nitrogens is 1. The molecule has 0 bridgehead atoms. The molecule has 0 aromatic carbocycles. The van der Waals surface area contributed by atoms with Gasteiger partial charge < -0.3 is 4.74 Å². The summed E-state index contributed by atoms with van der Waals surface area (Å²) in [6.45, 7) is 7.99. The number of ether oxygens (including phenoxy) is 1. The number of amides is 1. The van der Waals surface area contributed by atoms with Gasteiger partial charge in [0.15, 0.2) is 0 Å². The summed E-state index contributed by atoms with van der Waals surface area (Å²) in [5, 5.41) is 1.36. The number of pyridine rings is 1. The number of thiol groups is 1. The van der Waals surface area contributed by atoms with Gasteiger partial charge in [-0.15, -0.1) is 12.6 Å². The second-order valence-electron chi connectivity index (χ2n) is 6.23. The number of unbranched alkanes of at least 4 members (excludes halogenated alkanes) is 3. The van der Waals surface area contributed by atoms with Gasteiger partial charge in [0, 0.05) is 23.7 Å². The monoisotopic (exact) mass is 326 g/mol. The van der Waals surface area contributed by atoms with Crippen molar-refractivity contribution in [2.24, 2.45) is 0 Å². The highest BCUT2D eigenvalue weighted by Crippen LogP contribution is 2.11. The van der Waals surface area contributed by atoms with E-state index >= 15 is 0 Å². The zero-order valence-electron chi connectivity index (χ0n) is 13.8. The van der Waals surface area contributed by atoms with Crippen molar-refractivity contribution in [2.75, 3.05) is 11.6 Å². The number of nitrogens with zero attached hydrogens (tertiary/aromatic N) is 2. The van der Waals surface area contributed by atoms with E-state index in [2.05, 4.69) is 19.6 Å². The van der Waals surface area contributed by atoms with Gasteiger partial charge in [-0.25, -0.2) is 14.5 Å². The molecule has 5 nitrogen and oxygen atoms in total. The quantitative estimate of drug-likeness (QED) is 0.642. The van der Waals surface area contributed by atoms with Crippen molar-refractivity contribution in [1.82, 2.24) is 4.68 Å². The van der Waals surface area contributed by atoms with Crippen LogP contribution in [0.2, 0.25) is 0 Å². The Balaban J connectivity index is 2.94. The Morgan fingerprint density at radius 3 is 2.55 bits per heavy atom. The Labute approximate surface area is 137 Å². The first-order valence-electron chi connectivity index (χ1n) is 7.67. The van der Waals surface area contributed by atoms with Crippen LogP contribution in [0.4, 0.5) is 4.79 Å². The maximum Gasteiger partial charge on any atom is 0.429 e. The molecule has 6 heteroatoms. The summed E-state index contributed by atoms with van der Waals surface area (Å²) in [6.07, 6.45) is 5.08. The lowest BCUT2D eigenvalue weighted by Gasteiger charge is -2.28. The van der Waals surface area contributed by atoms with E-state index in [9.17, 15) is 9.59 Å². The van der Waals surface area contributed by atoms with Gasteiger partial charge >= 0.3 is 6.09 Å². The van der Waals surface area contributed by atoms with E-state index in [1.165, 1.54) is 15.8 Å². The first kappa shape index (κ1) is 18.6. The molecule has 1 aromatic rings. The van der Waals surface area contributed by atoms with Crippen LogP contribution >= 0.6 is 12.6 Å². The predicted octanol–water partition coefficient (Wildman–Crippen LogP) is 3.59. The van der Waals surface area contributed by atoms with E-state index in [0.717, 1.165) is 25.7 Å². The molecule has 0 aliphatic carbocycles. The Morgan fingerprint density at radius 1 is 1.32 bits per heavy atom. The van der Waals surface area contributed by atoms with Crippen molar-refractivity contribution in [3.63, 3.8) is 0 Å². The summed E-state index contributed by atoms with van der Waals surface area (Å²) in [4.78, 5) is 25.1. The fraction of sp³-hybridized carbons (Fsp3) is 0.625. The number of carbonyl (C=O) groups excluding carboxylic acids is 1. The van der Waals surface area contributed by atoms with Crippen LogP contribution in [0, 0.1) is 0 Å². The molecule has 0 N–H and O–H groups in total. The van der Waals surface area contributed by atoms with Gasteiger partial charge in [-0.3, -0.25) is 4.79 Å². The topological polar surface area (TPSA) is 51.5 Å². The molecule has 0 aliphatic rings. The standard InChI is InChI=1S/C16H26N2O3S/c1-5-6-7-8-10-18(15(20)21-16(2,3)4)17-11-9-13(22)12-14(17)19/h9,11-12,22H,5-8,10H2,1-4H3. The molecule has 0 aliphatic heterocycles. The Hall–Kier alpha value is -1.43. The fourth-order valence-electron chi connectivity index (χ4n) is 1.95. The van der Waals surface area contributed by atoms with Crippen LogP contribution in [-0.2, 0) is 4.74 Å². The average molecular weight is 326 g/mol. The Morgan fingerprint density at radius 2 is 2.00 bits per heavy atom. The first-order chi connectivity index (χ1) is 10.2. The molecule has 0 saturated heterocycles. The molecule has 0 fully saturated rings. The van der Waals surface area contributed by atoms with Crippen molar-refractivity contribution in [3.8, 4) is 0 Å². The third-order valence-corrected chi connectivity index (χ3v) is 3.25. The van der Waals surface area contributed by atoms with Crippen molar-refractivity contribution in [1.29, 1.82) is 0 Å². The summed E-state index contributed by atoms with van der Waals surface area (Å²) in [7, 11) is 0. The molecular formula is C16H26N2O3S. The highest BCUT2D eigenvalue weighted by Gasteiger charge is 2.23. The lowest BCUT2D eigenvalue weighted by molar-refractivity contribution is 0.0535. The lowest BCUT2D eigenvalue weighted by Crippen LogP contribution is -2.48. The average Bonchev–Trinajstić information content (AvgIpc) is 2.38. The minimum absolute atomic E-state index is 0.297. The molecule has 124 valence electrons. The molecule has 0 saturated carbocycles. The van der Waals surface area contributed by atoms with Crippen LogP contribution in [0.5, 0.6) is 0 Å². The van der Waals surface area contributed by atoms with Gasteiger partial charge in [0.25, 0.3) is 5.56 Å². The van der Waals surface area contributed by atoms with Crippen LogP contribution in [-0.4, -0.2) is 22.9 Å². The van der Waals surface area contributed by atoms with Gasteiger partial charge in [-0.05, 0) is 33.3 Å². The minimum Gasteiger partial charge on any atom is -0.442 e. The predicted molar refractivity (Wildman–Crippen MR) is 91.4 cm³/mol. The van der Waals surface area contributed by atoms with Gasteiger partial charge in [0.1, 0.15) is 5.60 Å². The summed E-state index contributed by atoms with van der Waals surface area (Å²) >= 11 is 4.14. The number of rotatable bonds is 6. The summed E-state index contributed by atoms with van der Waals surface area (Å²) in [6, 6.07) is 3.06. The highest BCUT2D eigenvalue weighted by molar-refractivity contribution is 7.80. The van der Waals surface area contributed by atoms with E-state index in [4.69, 9.17) is 4.74 Å². The molecule has 0 spiro atoms. The zero-order valence-corrected chi connectivity index (χ0v) is 14.7. The molecule has 22 heavy (non-hydrogen) atoms. The van der Waals surface area contributed by atoms with Crippen molar-refractivity contribution in [2.45, 2.75) is 63.9 Å². The third-order valence-electron chi connectivity index (χ3n) is 2.97. The Kier molecular flexibility index (Phi) is 7.00. The molecule has 1 amide bonds. The van der Waals surface area contributed by atoms with Crippen LogP contribution in [0.3, 0.4) is 0 Å². The molecule has 1 aromatic heterocycles. The van der Waals surface area contributed by atoms with Crippen molar-refractivity contribution in [3.05, 3.63) is 28.7 Å². The first-order valence-corrected chi connectivity index (χ1v) is 8.12. The van der Waals surface area contributed by atoms with E-state index < -0.39 is 11.7 Å².